The van der Waals surface area contributed by atoms with Crippen LogP contribution in [0.1, 0.15) is 54.3 Å². The van der Waals surface area contributed by atoms with Gasteiger partial charge in [-0.25, -0.2) is 0 Å². The van der Waals surface area contributed by atoms with Crippen LogP contribution in [0.3, 0.4) is 0 Å². The second-order valence-electron chi connectivity index (χ2n) is 8.61. The summed E-state index contributed by atoms with van der Waals surface area (Å²) in [4.78, 5) is 40.1. The highest BCUT2D eigenvalue weighted by molar-refractivity contribution is 8.00. The van der Waals surface area contributed by atoms with Crippen LogP contribution in [0.4, 0.5) is 5.69 Å². The van der Waals surface area contributed by atoms with Gasteiger partial charge in [-0.2, -0.15) is 0 Å². The molecule has 2 aromatic carbocycles. The normalized spacial score (nSPS) is 13.7. The van der Waals surface area contributed by atoms with E-state index in [0.717, 1.165) is 30.8 Å². The summed E-state index contributed by atoms with van der Waals surface area (Å²) in [5.74, 6) is 0.0299. The Kier molecular flexibility index (Phi) is 7.38. The van der Waals surface area contributed by atoms with E-state index < -0.39 is 0 Å². The summed E-state index contributed by atoms with van der Waals surface area (Å²) in [6.07, 6.45) is 2.12. The molecule has 0 aliphatic carbocycles. The van der Waals surface area contributed by atoms with Gasteiger partial charge in [0.15, 0.2) is 0 Å². The average Bonchev–Trinajstić information content (AvgIpc) is 3.26. The molecule has 0 spiro atoms. The molecule has 0 atom stereocenters. The molecule has 2 N–H and O–H groups in total. The second kappa shape index (κ2) is 10.0. The maximum absolute atomic E-state index is 12.8. The molecule has 1 fully saturated rings. The van der Waals surface area contributed by atoms with E-state index in [4.69, 9.17) is 0 Å². The number of amides is 3. The van der Waals surface area contributed by atoms with Gasteiger partial charge < -0.3 is 15.5 Å². The Bertz CT molecular complexity index is 945. The molecule has 1 heterocycles. The lowest BCUT2D eigenvalue weighted by molar-refractivity contribution is -0.127. The van der Waals surface area contributed by atoms with Gasteiger partial charge in [-0.3, -0.25) is 14.4 Å². The van der Waals surface area contributed by atoms with Gasteiger partial charge in [0.2, 0.25) is 5.91 Å². The third-order valence-electron chi connectivity index (χ3n) is 4.84. The van der Waals surface area contributed by atoms with Crippen LogP contribution in [-0.4, -0.2) is 47.0 Å². The molecule has 7 heteroatoms. The molecule has 0 radical (unpaired) electrons. The average molecular weight is 440 g/mol. The molecule has 3 rings (SSSR count). The number of carbonyl (C=O) groups is 3. The lowest BCUT2D eigenvalue weighted by Crippen LogP contribution is -2.40. The number of rotatable bonds is 6. The molecule has 164 valence electrons. The Hall–Kier alpha value is -2.80. The molecule has 0 saturated carbocycles. The fourth-order valence-electron chi connectivity index (χ4n) is 3.29. The number of anilines is 1. The van der Waals surface area contributed by atoms with Gasteiger partial charge in [-0.15, -0.1) is 11.8 Å². The summed E-state index contributed by atoms with van der Waals surface area (Å²) < 4.78 is 0. The molecule has 1 aliphatic heterocycles. The molecule has 6 nitrogen and oxygen atoms in total. The fourth-order valence-corrected chi connectivity index (χ4v) is 4.25. The minimum Gasteiger partial charge on any atom is -0.347 e. The monoisotopic (exact) mass is 439 g/mol. The summed E-state index contributed by atoms with van der Waals surface area (Å²) in [6.45, 7) is 7.42. The highest BCUT2D eigenvalue weighted by Crippen LogP contribution is 2.25. The Morgan fingerprint density at radius 3 is 2.23 bits per heavy atom. The van der Waals surface area contributed by atoms with Crippen LogP contribution in [0.5, 0.6) is 0 Å². The summed E-state index contributed by atoms with van der Waals surface area (Å²) in [5, 5.41) is 5.79. The molecule has 31 heavy (non-hydrogen) atoms. The van der Waals surface area contributed by atoms with Crippen molar-refractivity contribution in [3.63, 3.8) is 0 Å². The van der Waals surface area contributed by atoms with Crippen molar-refractivity contribution in [2.45, 2.75) is 44.0 Å². The Morgan fingerprint density at radius 1 is 0.935 bits per heavy atom. The summed E-state index contributed by atoms with van der Waals surface area (Å²) in [5.41, 5.74) is 1.34. The first-order valence-corrected chi connectivity index (χ1v) is 11.4. The number of carbonyl (C=O) groups excluding carboxylic acids is 3. The van der Waals surface area contributed by atoms with Gasteiger partial charge in [0.1, 0.15) is 0 Å². The zero-order valence-electron chi connectivity index (χ0n) is 18.2. The van der Waals surface area contributed by atoms with E-state index in [2.05, 4.69) is 10.6 Å². The number of likely N-dealkylation sites (tertiary alicyclic amines) is 1. The Morgan fingerprint density at radius 2 is 1.58 bits per heavy atom. The number of benzene rings is 2. The number of hydrogen-bond donors (Lipinski definition) is 2. The standard InChI is InChI=1S/C24H29N3O3S/c1-24(2,3)26-22(29)17-10-12-18(13-11-17)25-23(30)19-8-4-5-9-20(19)31-16-21(28)27-14-6-7-15-27/h4-5,8-13H,6-7,14-16H2,1-3H3,(H,25,30)(H,26,29). The first kappa shape index (κ1) is 22.9. The van der Waals surface area contributed by atoms with Crippen molar-refractivity contribution in [3.8, 4) is 0 Å². The van der Waals surface area contributed by atoms with Crippen molar-refractivity contribution >= 4 is 35.2 Å². The number of thioether (sulfide) groups is 1. The van der Waals surface area contributed by atoms with Crippen LogP contribution in [0, 0.1) is 0 Å². The van der Waals surface area contributed by atoms with E-state index in [1.54, 1.807) is 36.4 Å². The molecule has 0 unspecified atom stereocenters. The smallest absolute Gasteiger partial charge is 0.256 e. The van der Waals surface area contributed by atoms with Gasteiger partial charge in [0.05, 0.1) is 11.3 Å². The molecule has 0 bridgehead atoms. The van der Waals surface area contributed by atoms with Crippen LogP contribution in [0.25, 0.3) is 0 Å². The number of nitrogens with zero attached hydrogens (tertiary/aromatic N) is 1. The van der Waals surface area contributed by atoms with Crippen molar-refractivity contribution in [2.75, 3.05) is 24.2 Å². The van der Waals surface area contributed by atoms with Crippen LogP contribution >= 0.6 is 11.8 Å². The molecular formula is C24H29N3O3S. The summed E-state index contributed by atoms with van der Waals surface area (Å²) >= 11 is 1.39. The van der Waals surface area contributed by atoms with Crippen molar-refractivity contribution < 1.29 is 14.4 Å². The SMILES string of the molecule is CC(C)(C)NC(=O)c1ccc(NC(=O)c2ccccc2SCC(=O)N2CCCC2)cc1. The van der Waals surface area contributed by atoms with Gasteiger partial charge in [0, 0.05) is 34.8 Å². The second-order valence-corrected chi connectivity index (χ2v) is 9.63. The van der Waals surface area contributed by atoms with Crippen molar-refractivity contribution in [1.82, 2.24) is 10.2 Å². The van der Waals surface area contributed by atoms with Crippen LogP contribution in [0.15, 0.2) is 53.4 Å². The maximum atomic E-state index is 12.8. The molecule has 0 aromatic heterocycles. The highest BCUT2D eigenvalue weighted by atomic mass is 32.2. The number of hydrogen-bond acceptors (Lipinski definition) is 4. The lowest BCUT2D eigenvalue weighted by Gasteiger charge is -2.20. The fraction of sp³-hybridized carbons (Fsp3) is 0.375. The quantitative estimate of drug-likeness (QED) is 0.662. The van der Waals surface area contributed by atoms with E-state index in [9.17, 15) is 14.4 Å². The van der Waals surface area contributed by atoms with Crippen LogP contribution in [0.2, 0.25) is 0 Å². The molecule has 1 saturated heterocycles. The topological polar surface area (TPSA) is 78.5 Å². The minimum atomic E-state index is -0.318. The molecule has 2 aromatic rings. The summed E-state index contributed by atoms with van der Waals surface area (Å²) in [7, 11) is 0. The van der Waals surface area contributed by atoms with Gasteiger partial charge in [-0.1, -0.05) is 12.1 Å². The Balaban J connectivity index is 1.62. The zero-order chi connectivity index (χ0) is 22.4. The van der Waals surface area contributed by atoms with Crippen molar-refractivity contribution in [3.05, 3.63) is 59.7 Å². The van der Waals surface area contributed by atoms with Gasteiger partial charge in [0.25, 0.3) is 11.8 Å². The van der Waals surface area contributed by atoms with E-state index >= 15 is 0 Å². The third-order valence-corrected chi connectivity index (χ3v) is 5.89. The minimum absolute atomic E-state index is 0.113. The maximum Gasteiger partial charge on any atom is 0.256 e. The molecular weight excluding hydrogens is 410 g/mol. The van der Waals surface area contributed by atoms with Crippen molar-refractivity contribution in [1.29, 1.82) is 0 Å². The van der Waals surface area contributed by atoms with E-state index in [0.29, 0.717) is 22.6 Å². The Labute approximate surface area is 187 Å². The van der Waals surface area contributed by atoms with Crippen LogP contribution < -0.4 is 10.6 Å². The van der Waals surface area contributed by atoms with E-state index in [1.165, 1.54) is 11.8 Å². The largest absolute Gasteiger partial charge is 0.347 e. The summed E-state index contributed by atoms with van der Waals surface area (Å²) in [6, 6.07) is 14.1. The molecule has 3 amide bonds. The lowest BCUT2D eigenvalue weighted by atomic mass is 10.1. The predicted molar refractivity (Wildman–Crippen MR) is 125 cm³/mol. The third kappa shape index (κ3) is 6.59. The van der Waals surface area contributed by atoms with Gasteiger partial charge in [-0.05, 0) is 70.0 Å². The first-order chi connectivity index (χ1) is 14.7. The zero-order valence-corrected chi connectivity index (χ0v) is 19.1. The van der Waals surface area contributed by atoms with Gasteiger partial charge >= 0.3 is 0 Å². The van der Waals surface area contributed by atoms with Crippen molar-refractivity contribution in [2.24, 2.45) is 0 Å². The first-order valence-electron chi connectivity index (χ1n) is 10.5. The van der Waals surface area contributed by atoms with E-state index in [-0.39, 0.29) is 23.3 Å². The number of nitrogens with one attached hydrogen (secondary N) is 2. The highest BCUT2D eigenvalue weighted by Gasteiger charge is 2.19. The van der Waals surface area contributed by atoms with Crippen LogP contribution in [-0.2, 0) is 4.79 Å². The molecule has 1 aliphatic rings. The predicted octanol–water partition coefficient (Wildman–Crippen LogP) is 4.18. The van der Waals surface area contributed by atoms with E-state index in [1.807, 2.05) is 37.8 Å².